The second kappa shape index (κ2) is 5.63. The summed E-state index contributed by atoms with van der Waals surface area (Å²) in [6.45, 7) is 0. The summed E-state index contributed by atoms with van der Waals surface area (Å²) in [5.74, 6) is 0.362. The molecule has 0 spiro atoms. The van der Waals surface area contributed by atoms with Crippen LogP contribution in [0.2, 0.25) is 0 Å². The maximum absolute atomic E-state index is 12.0. The molecule has 1 aromatic rings. The van der Waals surface area contributed by atoms with Crippen LogP contribution in [0.25, 0.3) is 0 Å². The molecule has 2 aliphatic rings. The normalized spacial score (nSPS) is 26.6. The van der Waals surface area contributed by atoms with Gasteiger partial charge >= 0.3 is 5.63 Å². The zero-order valence-electron chi connectivity index (χ0n) is 11.2. The molecule has 21 heavy (non-hydrogen) atoms. The van der Waals surface area contributed by atoms with Crippen molar-refractivity contribution in [3.63, 3.8) is 0 Å². The van der Waals surface area contributed by atoms with Gasteiger partial charge in [0, 0.05) is 5.92 Å². The first-order chi connectivity index (χ1) is 10.1. The molecule has 7 heteroatoms. The van der Waals surface area contributed by atoms with Gasteiger partial charge in [0.2, 0.25) is 5.91 Å². The highest BCUT2D eigenvalue weighted by Gasteiger charge is 2.54. The molecule has 0 bridgehead atoms. The molecule has 1 heterocycles. The molecule has 1 aromatic heterocycles. The lowest BCUT2D eigenvalue weighted by Crippen LogP contribution is -2.43. The maximum Gasteiger partial charge on any atom is 0.350 e. The van der Waals surface area contributed by atoms with Gasteiger partial charge in [0.1, 0.15) is 10.7 Å². The summed E-state index contributed by atoms with van der Waals surface area (Å²) in [4.78, 5) is 35.0. The van der Waals surface area contributed by atoms with Gasteiger partial charge in [-0.3, -0.25) is 20.4 Å². The Labute approximate surface area is 129 Å². The van der Waals surface area contributed by atoms with E-state index in [0.29, 0.717) is 11.8 Å². The fraction of sp³-hybridized carbons (Fsp3) is 0.500. The summed E-state index contributed by atoms with van der Waals surface area (Å²) >= 11 is 3.00. The number of halogens is 1. The number of fused-ring (bicyclic) bond motifs is 1. The number of rotatable bonds is 2. The molecule has 0 aromatic carbocycles. The van der Waals surface area contributed by atoms with E-state index in [-0.39, 0.29) is 21.9 Å². The number of carbonyl (C=O) groups excluding carboxylic acids is 2. The fourth-order valence-corrected chi connectivity index (χ4v) is 3.52. The predicted octanol–water partition coefficient (Wildman–Crippen LogP) is 1.60. The minimum Gasteiger partial charge on any atom is -0.430 e. The van der Waals surface area contributed by atoms with Crippen molar-refractivity contribution < 1.29 is 14.0 Å². The third-order valence-electron chi connectivity index (χ3n) is 4.29. The van der Waals surface area contributed by atoms with Crippen LogP contribution in [0.15, 0.2) is 26.0 Å². The van der Waals surface area contributed by atoms with Gasteiger partial charge in [-0.15, -0.1) is 0 Å². The highest BCUT2D eigenvalue weighted by atomic mass is 79.9. The molecule has 3 atom stereocenters. The number of amides is 2. The van der Waals surface area contributed by atoms with Crippen molar-refractivity contribution in [1.29, 1.82) is 0 Å². The van der Waals surface area contributed by atoms with Crippen LogP contribution in [0.3, 0.4) is 0 Å². The van der Waals surface area contributed by atoms with Crippen molar-refractivity contribution >= 4 is 27.7 Å². The van der Waals surface area contributed by atoms with Gasteiger partial charge in [-0.1, -0.05) is 12.8 Å². The highest BCUT2D eigenvalue weighted by Crippen LogP contribution is 2.55. The van der Waals surface area contributed by atoms with Gasteiger partial charge in [-0.2, -0.15) is 0 Å². The lowest BCUT2D eigenvalue weighted by molar-refractivity contribution is -0.123. The van der Waals surface area contributed by atoms with E-state index >= 15 is 0 Å². The Bertz CT molecular complexity index is 630. The molecule has 2 fully saturated rings. The molecule has 1 unspecified atom stereocenters. The SMILES string of the molecule is O=C(NNC(=O)C1[C@H]2CCCC[C@@H]12)c1coc(=O)c(Br)c1. The van der Waals surface area contributed by atoms with Crippen molar-refractivity contribution in [3.8, 4) is 0 Å². The van der Waals surface area contributed by atoms with Crippen LogP contribution >= 0.6 is 15.9 Å². The Kier molecular flexibility index (Phi) is 3.84. The quantitative estimate of drug-likeness (QED) is 0.789. The number of hydrogen-bond donors (Lipinski definition) is 2. The molecule has 6 nitrogen and oxygen atoms in total. The first-order valence-corrected chi connectivity index (χ1v) is 7.76. The summed E-state index contributed by atoms with van der Waals surface area (Å²) in [5.41, 5.74) is 4.42. The van der Waals surface area contributed by atoms with Crippen molar-refractivity contribution in [3.05, 3.63) is 32.8 Å². The Balaban J connectivity index is 1.55. The second-order valence-electron chi connectivity index (χ2n) is 5.55. The Morgan fingerprint density at radius 1 is 1.19 bits per heavy atom. The van der Waals surface area contributed by atoms with Gasteiger partial charge < -0.3 is 4.42 Å². The van der Waals surface area contributed by atoms with E-state index in [0.717, 1.165) is 19.1 Å². The lowest BCUT2D eigenvalue weighted by atomic mass is 10.0. The molecule has 0 saturated heterocycles. The van der Waals surface area contributed by atoms with Gasteiger partial charge in [0.25, 0.3) is 5.91 Å². The molecule has 0 aliphatic heterocycles. The maximum atomic E-state index is 12.0. The number of hydrazine groups is 1. The van der Waals surface area contributed by atoms with Gasteiger partial charge in [0.05, 0.1) is 5.56 Å². The van der Waals surface area contributed by atoms with Gasteiger partial charge in [0.15, 0.2) is 0 Å². The molecule has 112 valence electrons. The molecular formula is C14H15BrN2O4. The van der Waals surface area contributed by atoms with Crippen LogP contribution in [-0.2, 0) is 4.79 Å². The third kappa shape index (κ3) is 2.88. The van der Waals surface area contributed by atoms with Gasteiger partial charge in [-0.05, 0) is 46.7 Å². The summed E-state index contributed by atoms with van der Waals surface area (Å²) in [7, 11) is 0. The van der Waals surface area contributed by atoms with Crippen LogP contribution in [0.5, 0.6) is 0 Å². The van der Waals surface area contributed by atoms with Crippen LogP contribution in [-0.4, -0.2) is 11.8 Å². The van der Waals surface area contributed by atoms with E-state index in [1.807, 2.05) is 0 Å². The highest BCUT2D eigenvalue weighted by molar-refractivity contribution is 9.10. The number of hydrogen-bond acceptors (Lipinski definition) is 4. The smallest absolute Gasteiger partial charge is 0.350 e. The average molecular weight is 355 g/mol. The first kappa shape index (κ1) is 14.3. The molecule has 3 rings (SSSR count). The van der Waals surface area contributed by atoms with E-state index in [1.54, 1.807) is 0 Å². The predicted molar refractivity (Wildman–Crippen MR) is 77.2 cm³/mol. The first-order valence-electron chi connectivity index (χ1n) is 6.96. The average Bonchev–Trinajstić information content (AvgIpc) is 3.21. The van der Waals surface area contributed by atoms with Crippen LogP contribution in [0.4, 0.5) is 0 Å². The van der Waals surface area contributed by atoms with E-state index in [4.69, 9.17) is 0 Å². The summed E-state index contributed by atoms with van der Waals surface area (Å²) in [6, 6.07) is 1.35. The van der Waals surface area contributed by atoms with Crippen molar-refractivity contribution in [2.45, 2.75) is 25.7 Å². The monoisotopic (exact) mass is 354 g/mol. The summed E-state index contributed by atoms with van der Waals surface area (Å²) < 4.78 is 4.84. The minimum atomic E-state index is -0.558. The van der Waals surface area contributed by atoms with Crippen molar-refractivity contribution in [1.82, 2.24) is 10.9 Å². The van der Waals surface area contributed by atoms with Crippen molar-refractivity contribution in [2.24, 2.45) is 17.8 Å². The zero-order valence-corrected chi connectivity index (χ0v) is 12.8. The zero-order chi connectivity index (χ0) is 15.0. The van der Waals surface area contributed by atoms with Gasteiger partial charge in [-0.25, -0.2) is 4.79 Å². The molecule has 2 amide bonds. The summed E-state index contributed by atoms with van der Waals surface area (Å²) in [5, 5.41) is 0. The topological polar surface area (TPSA) is 88.4 Å². The Morgan fingerprint density at radius 3 is 2.48 bits per heavy atom. The molecule has 2 aliphatic carbocycles. The third-order valence-corrected chi connectivity index (χ3v) is 4.84. The van der Waals surface area contributed by atoms with Crippen LogP contribution in [0, 0.1) is 17.8 Å². The number of nitrogens with one attached hydrogen (secondary N) is 2. The van der Waals surface area contributed by atoms with E-state index in [9.17, 15) is 14.4 Å². The van der Waals surface area contributed by atoms with Crippen LogP contribution in [0.1, 0.15) is 36.0 Å². The second-order valence-corrected chi connectivity index (χ2v) is 6.41. The van der Waals surface area contributed by atoms with E-state index < -0.39 is 11.5 Å². The largest absolute Gasteiger partial charge is 0.430 e. The van der Waals surface area contributed by atoms with E-state index in [2.05, 4.69) is 31.2 Å². The summed E-state index contributed by atoms with van der Waals surface area (Å²) in [6.07, 6.45) is 5.65. The number of carbonyl (C=O) groups is 2. The Hall–Kier alpha value is -1.63. The molecular weight excluding hydrogens is 340 g/mol. The van der Waals surface area contributed by atoms with E-state index in [1.165, 1.54) is 18.9 Å². The minimum absolute atomic E-state index is 0.0354. The molecule has 2 saturated carbocycles. The fourth-order valence-electron chi connectivity index (χ4n) is 3.18. The Morgan fingerprint density at radius 2 is 1.86 bits per heavy atom. The molecule has 2 N–H and O–H groups in total. The lowest BCUT2D eigenvalue weighted by Gasteiger charge is -2.06. The molecule has 0 radical (unpaired) electrons. The standard InChI is InChI=1S/C14H15BrN2O4/c15-10-5-7(6-21-14(10)20)12(18)16-17-13(19)11-8-3-1-2-4-9(8)11/h5-6,8-9,11H,1-4H2,(H,16,18)(H,17,19)/t8-,9+,11?. The van der Waals surface area contributed by atoms with Crippen molar-refractivity contribution in [2.75, 3.05) is 0 Å². The van der Waals surface area contributed by atoms with Crippen LogP contribution < -0.4 is 16.5 Å².